The van der Waals surface area contributed by atoms with Crippen molar-refractivity contribution in [3.05, 3.63) is 46.3 Å². The molecule has 0 fully saturated rings. The first-order chi connectivity index (χ1) is 13.8. The van der Waals surface area contributed by atoms with Crippen LogP contribution in [0.4, 0.5) is 0 Å². The molecule has 2 N–H and O–H groups in total. The largest absolute Gasteiger partial charge is 0.493 e. The van der Waals surface area contributed by atoms with Crippen LogP contribution in [0.15, 0.2) is 18.2 Å². The molecule has 0 radical (unpaired) electrons. The Morgan fingerprint density at radius 1 is 1.17 bits per heavy atom. The quantitative estimate of drug-likeness (QED) is 0.495. The molecule has 0 saturated heterocycles. The molecule has 0 spiro atoms. The predicted octanol–water partition coefficient (Wildman–Crippen LogP) is 2.11. The Balaban J connectivity index is 2.25. The lowest BCUT2D eigenvalue weighted by molar-refractivity contribution is -0.907. The van der Waals surface area contributed by atoms with E-state index in [0.29, 0.717) is 40.6 Å². The number of rotatable bonds is 9. The number of aromatic amines is 1. The van der Waals surface area contributed by atoms with Crippen LogP contribution in [-0.2, 0) is 11.3 Å². The zero-order valence-electron chi connectivity index (χ0n) is 18.3. The highest BCUT2D eigenvalue weighted by molar-refractivity contribution is 6.03. The van der Waals surface area contributed by atoms with Crippen molar-refractivity contribution in [1.29, 1.82) is 0 Å². The lowest BCUT2D eigenvalue weighted by atomic mass is 10.0. The summed E-state index contributed by atoms with van der Waals surface area (Å²) in [7, 11) is 5.16. The second-order valence-electron chi connectivity index (χ2n) is 7.11. The van der Waals surface area contributed by atoms with Gasteiger partial charge in [0.05, 0.1) is 44.7 Å². The monoisotopic (exact) mass is 403 g/mol. The van der Waals surface area contributed by atoms with Crippen LogP contribution in [0.1, 0.15) is 51.5 Å². The van der Waals surface area contributed by atoms with Crippen molar-refractivity contribution in [3.8, 4) is 11.5 Å². The third kappa shape index (κ3) is 4.62. The molecule has 0 bridgehead atoms. The van der Waals surface area contributed by atoms with Gasteiger partial charge in [-0.3, -0.25) is 4.79 Å². The van der Waals surface area contributed by atoms with E-state index in [9.17, 15) is 9.59 Å². The Morgan fingerprint density at radius 2 is 1.86 bits per heavy atom. The third-order valence-corrected chi connectivity index (χ3v) is 5.25. The van der Waals surface area contributed by atoms with E-state index in [0.717, 1.165) is 10.5 Å². The summed E-state index contributed by atoms with van der Waals surface area (Å²) in [6.45, 7) is 8.06. The molecule has 29 heavy (non-hydrogen) atoms. The standard InChI is InChI=1S/C22H30N2O5/c1-8-29-22(26)18-13(2)19(23-14(18)3)20(25)15(4)24(5)12-16-10-9-11-17(27-6)21(16)28-7/h9-11,15,23H,8,12H2,1-7H3/p+1/t15-/m1/s1. The number of carbonyl (C=O) groups excluding carboxylic acids is 2. The molecule has 7 nitrogen and oxygen atoms in total. The van der Waals surface area contributed by atoms with Crippen molar-refractivity contribution in [2.75, 3.05) is 27.9 Å². The third-order valence-electron chi connectivity index (χ3n) is 5.25. The van der Waals surface area contributed by atoms with E-state index in [4.69, 9.17) is 14.2 Å². The molecule has 0 aliphatic carbocycles. The first kappa shape index (κ1) is 22.5. The zero-order chi connectivity index (χ0) is 21.7. The van der Waals surface area contributed by atoms with Crippen molar-refractivity contribution in [2.24, 2.45) is 0 Å². The molecule has 158 valence electrons. The van der Waals surface area contributed by atoms with E-state index in [1.165, 1.54) is 0 Å². The Kier molecular flexibility index (Phi) is 7.45. The molecule has 1 aromatic heterocycles. The van der Waals surface area contributed by atoms with Crippen LogP contribution in [0.3, 0.4) is 0 Å². The van der Waals surface area contributed by atoms with Gasteiger partial charge >= 0.3 is 5.97 Å². The van der Waals surface area contributed by atoms with Gasteiger partial charge in [-0.25, -0.2) is 4.79 Å². The number of ketones is 1. The lowest BCUT2D eigenvalue weighted by Crippen LogP contribution is -3.12. The number of nitrogens with one attached hydrogen (secondary N) is 2. The van der Waals surface area contributed by atoms with E-state index < -0.39 is 5.97 Å². The molecule has 0 amide bonds. The van der Waals surface area contributed by atoms with E-state index in [1.54, 1.807) is 35.0 Å². The van der Waals surface area contributed by atoms with Gasteiger partial charge in [-0.2, -0.15) is 0 Å². The van der Waals surface area contributed by atoms with Crippen LogP contribution in [0.2, 0.25) is 0 Å². The molecule has 7 heteroatoms. The first-order valence-corrected chi connectivity index (χ1v) is 9.69. The fraction of sp³-hybridized carbons (Fsp3) is 0.455. The fourth-order valence-corrected chi connectivity index (χ4v) is 3.49. The number of esters is 1. The van der Waals surface area contributed by atoms with E-state index in [1.807, 2.05) is 32.2 Å². The molecule has 1 heterocycles. The predicted molar refractivity (Wildman–Crippen MR) is 110 cm³/mol. The number of para-hydroxylation sites is 1. The van der Waals surface area contributed by atoms with Crippen molar-refractivity contribution in [1.82, 2.24) is 4.98 Å². The van der Waals surface area contributed by atoms with Gasteiger partial charge in [0.15, 0.2) is 17.5 Å². The van der Waals surface area contributed by atoms with Gasteiger partial charge in [0.1, 0.15) is 6.54 Å². The van der Waals surface area contributed by atoms with Crippen LogP contribution in [0.25, 0.3) is 0 Å². The minimum atomic E-state index is -0.410. The summed E-state index contributed by atoms with van der Waals surface area (Å²) in [6.07, 6.45) is 0. The minimum absolute atomic E-state index is 0.0551. The lowest BCUT2D eigenvalue weighted by Gasteiger charge is -2.22. The van der Waals surface area contributed by atoms with E-state index in [2.05, 4.69) is 4.98 Å². The van der Waals surface area contributed by atoms with Gasteiger partial charge < -0.3 is 24.1 Å². The normalized spacial score (nSPS) is 12.9. The van der Waals surface area contributed by atoms with Crippen molar-refractivity contribution in [2.45, 2.75) is 40.3 Å². The Bertz CT molecular complexity index is 888. The van der Waals surface area contributed by atoms with Gasteiger partial charge in [0.2, 0.25) is 5.78 Å². The summed E-state index contributed by atoms with van der Waals surface area (Å²) < 4.78 is 16.0. The maximum absolute atomic E-state index is 13.2. The number of aryl methyl sites for hydroxylation is 1. The van der Waals surface area contributed by atoms with Crippen LogP contribution < -0.4 is 14.4 Å². The number of carbonyl (C=O) groups is 2. The highest BCUT2D eigenvalue weighted by Crippen LogP contribution is 2.30. The fourth-order valence-electron chi connectivity index (χ4n) is 3.49. The van der Waals surface area contributed by atoms with Gasteiger partial charge in [0, 0.05) is 5.69 Å². The van der Waals surface area contributed by atoms with E-state index in [-0.39, 0.29) is 18.4 Å². The maximum atomic E-state index is 13.2. The zero-order valence-corrected chi connectivity index (χ0v) is 18.3. The molecule has 2 atom stereocenters. The number of Topliss-reactive ketones (excluding diaryl/α,β-unsaturated/α-hetero) is 1. The summed E-state index contributed by atoms with van der Waals surface area (Å²) >= 11 is 0. The molecule has 2 rings (SSSR count). The first-order valence-electron chi connectivity index (χ1n) is 9.69. The Labute approximate surface area is 172 Å². The van der Waals surface area contributed by atoms with Crippen molar-refractivity contribution >= 4 is 11.8 Å². The van der Waals surface area contributed by atoms with Gasteiger partial charge in [-0.15, -0.1) is 0 Å². The minimum Gasteiger partial charge on any atom is -0.493 e. The topological polar surface area (TPSA) is 82.1 Å². The average Bonchev–Trinajstić information content (AvgIpc) is 3.00. The van der Waals surface area contributed by atoms with Crippen LogP contribution in [0, 0.1) is 13.8 Å². The molecule has 2 aromatic rings. The van der Waals surface area contributed by atoms with Crippen molar-refractivity contribution in [3.63, 3.8) is 0 Å². The van der Waals surface area contributed by atoms with Crippen LogP contribution in [0.5, 0.6) is 11.5 Å². The molecular formula is C22H31N2O5+. The average molecular weight is 403 g/mol. The van der Waals surface area contributed by atoms with Gasteiger partial charge in [0.25, 0.3) is 0 Å². The summed E-state index contributed by atoms with van der Waals surface area (Å²) in [4.78, 5) is 29.4. The summed E-state index contributed by atoms with van der Waals surface area (Å²) in [5, 5.41) is 0. The number of hydrogen-bond acceptors (Lipinski definition) is 5. The van der Waals surface area contributed by atoms with E-state index >= 15 is 0 Å². The number of ether oxygens (including phenoxy) is 3. The number of quaternary nitrogens is 1. The number of hydrogen-bond donors (Lipinski definition) is 2. The molecule has 0 saturated carbocycles. The van der Waals surface area contributed by atoms with Crippen LogP contribution in [-0.4, -0.2) is 50.7 Å². The highest BCUT2D eigenvalue weighted by atomic mass is 16.5. The summed E-state index contributed by atoms with van der Waals surface area (Å²) in [5.41, 5.74) is 3.12. The number of likely N-dealkylation sites (N-methyl/N-ethyl adjacent to an activating group) is 1. The Hall–Kier alpha value is -2.80. The summed E-state index contributed by atoms with van der Waals surface area (Å²) in [6, 6.07) is 5.37. The van der Waals surface area contributed by atoms with Gasteiger partial charge in [-0.05, 0) is 45.4 Å². The van der Waals surface area contributed by atoms with Gasteiger partial charge in [-0.1, -0.05) is 6.07 Å². The molecule has 0 aliphatic heterocycles. The SMILES string of the molecule is CCOC(=O)c1c(C)[nH]c(C(=O)[C@@H](C)[NH+](C)Cc2cccc(OC)c2OC)c1C. The number of benzene rings is 1. The highest BCUT2D eigenvalue weighted by Gasteiger charge is 2.30. The number of H-pyrrole nitrogens is 1. The smallest absolute Gasteiger partial charge is 0.340 e. The second kappa shape index (κ2) is 9.60. The second-order valence-corrected chi connectivity index (χ2v) is 7.11. The Morgan fingerprint density at radius 3 is 2.45 bits per heavy atom. The maximum Gasteiger partial charge on any atom is 0.340 e. The molecule has 1 unspecified atom stereocenters. The molecule has 0 aliphatic rings. The summed E-state index contributed by atoms with van der Waals surface area (Å²) in [5.74, 6) is 0.866. The number of methoxy groups -OCH3 is 2. The number of aromatic nitrogens is 1. The van der Waals surface area contributed by atoms with Crippen LogP contribution >= 0.6 is 0 Å². The molecular weight excluding hydrogens is 372 g/mol. The molecule has 1 aromatic carbocycles. The van der Waals surface area contributed by atoms with Crippen molar-refractivity contribution < 1.29 is 28.7 Å².